The summed E-state index contributed by atoms with van der Waals surface area (Å²) in [7, 11) is 1.58. The number of carbonyl (C=O) groups excluding carboxylic acids is 1. The Morgan fingerprint density at radius 3 is 2.95 bits per heavy atom. The van der Waals surface area contributed by atoms with Gasteiger partial charge in [-0.25, -0.2) is 4.98 Å². The second kappa shape index (κ2) is 5.76. The molecule has 0 unspecified atom stereocenters. The second-order valence-corrected chi connectivity index (χ2v) is 3.64. The molecule has 2 rings (SSSR count). The summed E-state index contributed by atoms with van der Waals surface area (Å²) in [5.41, 5.74) is 5.61. The highest BCUT2D eigenvalue weighted by Crippen LogP contribution is 2.06. The molecule has 9 nitrogen and oxygen atoms in total. The minimum atomic E-state index is -0.0654. The number of carbonyl (C=O) groups is 1. The van der Waals surface area contributed by atoms with E-state index in [2.05, 4.69) is 30.6 Å². The van der Waals surface area contributed by atoms with E-state index in [-0.39, 0.29) is 11.9 Å². The lowest BCUT2D eigenvalue weighted by Gasteiger charge is -2.06. The first-order valence-electron chi connectivity index (χ1n) is 5.63. The number of rotatable bonds is 5. The van der Waals surface area contributed by atoms with Crippen molar-refractivity contribution in [1.29, 1.82) is 0 Å². The number of imidazole rings is 1. The first-order valence-corrected chi connectivity index (χ1v) is 5.63. The Morgan fingerprint density at radius 1 is 1.42 bits per heavy atom. The fraction of sp³-hybridized carbons (Fsp3) is 0.300. The highest BCUT2D eigenvalue weighted by atomic mass is 16.1. The van der Waals surface area contributed by atoms with Gasteiger partial charge in [-0.15, -0.1) is 0 Å². The van der Waals surface area contributed by atoms with Crippen molar-refractivity contribution in [2.75, 3.05) is 24.6 Å². The van der Waals surface area contributed by atoms with Gasteiger partial charge in [-0.2, -0.15) is 15.0 Å². The van der Waals surface area contributed by atoms with Crippen LogP contribution in [0.3, 0.4) is 0 Å². The molecule has 4 N–H and O–H groups in total. The maximum Gasteiger partial charge on any atom is 0.241 e. The molecule has 0 saturated heterocycles. The Labute approximate surface area is 109 Å². The quantitative estimate of drug-likeness (QED) is 0.643. The van der Waals surface area contributed by atoms with E-state index in [4.69, 9.17) is 5.73 Å². The average Bonchev–Trinajstić information content (AvgIpc) is 2.91. The van der Waals surface area contributed by atoms with Crippen LogP contribution in [0, 0.1) is 0 Å². The lowest BCUT2D eigenvalue weighted by molar-refractivity contribution is -0.120. The van der Waals surface area contributed by atoms with Gasteiger partial charge in [-0.05, 0) is 0 Å². The van der Waals surface area contributed by atoms with E-state index in [1.807, 2.05) is 0 Å². The summed E-state index contributed by atoms with van der Waals surface area (Å²) in [6.07, 6.45) is 5.19. The number of anilines is 2. The lowest BCUT2D eigenvalue weighted by atomic mass is 10.4. The van der Waals surface area contributed by atoms with E-state index in [0.29, 0.717) is 24.9 Å². The van der Waals surface area contributed by atoms with E-state index in [1.54, 1.807) is 30.3 Å². The molecule has 0 aliphatic rings. The summed E-state index contributed by atoms with van der Waals surface area (Å²) in [5, 5.41) is 5.44. The standard InChI is InChI=1S/C10H14N8O/c1-12-7(19)2-3-14-9-15-8(11)16-10(17-9)18-5-4-13-6-18/h4-6H,2-3H2,1H3,(H,12,19)(H3,11,14,15,16,17). The predicted octanol–water partition coefficient (Wildman–Crippen LogP) is -0.812. The number of hydrogen-bond acceptors (Lipinski definition) is 7. The molecule has 0 atom stereocenters. The Morgan fingerprint density at radius 2 is 2.26 bits per heavy atom. The first-order chi connectivity index (χ1) is 9.19. The molecule has 9 heteroatoms. The van der Waals surface area contributed by atoms with E-state index >= 15 is 0 Å². The summed E-state index contributed by atoms with van der Waals surface area (Å²) in [6.45, 7) is 0.409. The Bertz CT molecular complexity index is 553. The molecular formula is C10H14N8O. The minimum absolute atomic E-state index is 0.0654. The predicted molar refractivity (Wildman–Crippen MR) is 68.5 cm³/mol. The normalized spacial score (nSPS) is 10.2. The third-order valence-electron chi connectivity index (χ3n) is 2.29. The number of nitrogens with one attached hydrogen (secondary N) is 2. The van der Waals surface area contributed by atoms with Crippen LogP contribution in [-0.2, 0) is 4.79 Å². The van der Waals surface area contributed by atoms with Crippen molar-refractivity contribution in [3.05, 3.63) is 18.7 Å². The number of nitrogen functional groups attached to an aromatic ring is 1. The molecule has 2 aromatic heterocycles. The minimum Gasteiger partial charge on any atom is -0.368 e. The van der Waals surface area contributed by atoms with Crippen LogP contribution in [0.2, 0.25) is 0 Å². The van der Waals surface area contributed by atoms with Gasteiger partial charge < -0.3 is 16.4 Å². The lowest BCUT2D eigenvalue weighted by Crippen LogP contribution is -2.21. The van der Waals surface area contributed by atoms with Crippen molar-refractivity contribution in [2.24, 2.45) is 0 Å². The van der Waals surface area contributed by atoms with Crippen molar-refractivity contribution in [3.63, 3.8) is 0 Å². The zero-order chi connectivity index (χ0) is 13.7. The van der Waals surface area contributed by atoms with Gasteiger partial charge in [0.2, 0.25) is 23.8 Å². The Kier molecular flexibility index (Phi) is 3.86. The molecule has 0 spiro atoms. The fourth-order valence-electron chi connectivity index (χ4n) is 1.37. The van der Waals surface area contributed by atoms with Gasteiger partial charge in [-0.3, -0.25) is 9.36 Å². The molecule has 0 aliphatic heterocycles. The molecule has 1 amide bonds. The Hall–Kier alpha value is -2.71. The van der Waals surface area contributed by atoms with Gasteiger partial charge >= 0.3 is 0 Å². The molecule has 0 radical (unpaired) electrons. The molecule has 0 aromatic carbocycles. The zero-order valence-electron chi connectivity index (χ0n) is 10.4. The van der Waals surface area contributed by atoms with Crippen LogP contribution in [0.5, 0.6) is 0 Å². The summed E-state index contributed by atoms with van der Waals surface area (Å²) in [5.74, 6) is 0.720. The van der Waals surface area contributed by atoms with Crippen molar-refractivity contribution < 1.29 is 4.79 Å². The number of nitrogens with two attached hydrogens (primary N) is 1. The van der Waals surface area contributed by atoms with Gasteiger partial charge in [0, 0.05) is 32.4 Å². The third-order valence-corrected chi connectivity index (χ3v) is 2.29. The van der Waals surface area contributed by atoms with E-state index in [1.165, 1.54) is 0 Å². The van der Waals surface area contributed by atoms with Gasteiger partial charge in [0.15, 0.2) is 0 Å². The van der Waals surface area contributed by atoms with Crippen LogP contribution >= 0.6 is 0 Å². The SMILES string of the molecule is CNC(=O)CCNc1nc(N)nc(-n2ccnc2)n1. The molecule has 100 valence electrons. The molecule has 0 fully saturated rings. The summed E-state index contributed by atoms with van der Waals surface area (Å²) in [4.78, 5) is 27.1. The van der Waals surface area contributed by atoms with E-state index < -0.39 is 0 Å². The fourth-order valence-corrected chi connectivity index (χ4v) is 1.37. The third kappa shape index (κ3) is 3.37. The van der Waals surface area contributed by atoms with Crippen LogP contribution < -0.4 is 16.4 Å². The second-order valence-electron chi connectivity index (χ2n) is 3.64. The van der Waals surface area contributed by atoms with Gasteiger partial charge in [0.1, 0.15) is 6.33 Å². The highest BCUT2D eigenvalue weighted by molar-refractivity contribution is 5.75. The van der Waals surface area contributed by atoms with Crippen LogP contribution in [0.15, 0.2) is 18.7 Å². The van der Waals surface area contributed by atoms with E-state index in [9.17, 15) is 4.79 Å². The molecular weight excluding hydrogens is 248 g/mol. The zero-order valence-corrected chi connectivity index (χ0v) is 10.4. The smallest absolute Gasteiger partial charge is 0.241 e. The van der Waals surface area contributed by atoms with Crippen molar-refractivity contribution in [3.8, 4) is 5.95 Å². The highest BCUT2D eigenvalue weighted by Gasteiger charge is 2.06. The monoisotopic (exact) mass is 262 g/mol. The van der Waals surface area contributed by atoms with Crippen molar-refractivity contribution in [2.45, 2.75) is 6.42 Å². The maximum absolute atomic E-state index is 11.1. The molecule has 19 heavy (non-hydrogen) atoms. The van der Waals surface area contributed by atoms with Crippen LogP contribution in [0.1, 0.15) is 6.42 Å². The number of aromatic nitrogens is 5. The van der Waals surface area contributed by atoms with Gasteiger partial charge in [0.05, 0.1) is 0 Å². The molecule has 0 saturated carbocycles. The van der Waals surface area contributed by atoms with Crippen LogP contribution in [0.25, 0.3) is 5.95 Å². The number of amides is 1. The van der Waals surface area contributed by atoms with Crippen LogP contribution in [-0.4, -0.2) is 44.0 Å². The number of nitrogens with zero attached hydrogens (tertiary/aromatic N) is 5. The van der Waals surface area contributed by atoms with Gasteiger partial charge in [0.25, 0.3) is 0 Å². The van der Waals surface area contributed by atoms with Gasteiger partial charge in [-0.1, -0.05) is 0 Å². The van der Waals surface area contributed by atoms with E-state index in [0.717, 1.165) is 0 Å². The molecule has 0 bridgehead atoms. The van der Waals surface area contributed by atoms with Crippen LogP contribution in [0.4, 0.5) is 11.9 Å². The maximum atomic E-state index is 11.1. The molecule has 2 heterocycles. The average molecular weight is 262 g/mol. The molecule has 0 aliphatic carbocycles. The van der Waals surface area contributed by atoms with Crippen molar-refractivity contribution >= 4 is 17.8 Å². The first kappa shape index (κ1) is 12.7. The summed E-state index contributed by atoms with van der Waals surface area (Å²) >= 11 is 0. The number of hydrogen-bond donors (Lipinski definition) is 3. The largest absolute Gasteiger partial charge is 0.368 e. The summed E-state index contributed by atoms with van der Waals surface area (Å²) in [6, 6.07) is 0. The summed E-state index contributed by atoms with van der Waals surface area (Å²) < 4.78 is 1.61. The Balaban J connectivity index is 2.07. The topological polar surface area (TPSA) is 124 Å². The van der Waals surface area contributed by atoms with Crippen molar-refractivity contribution in [1.82, 2.24) is 29.8 Å². The molecule has 2 aromatic rings.